The van der Waals surface area contributed by atoms with Crippen molar-refractivity contribution in [2.45, 2.75) is 33.2 Å². The van der Waals surface area contributed by atoms with Crippen molar-refractivity contribution in [2.75, 3.05) is 0 Å². The number of nitrogens with zero attached hydrogens (tertiary/aromatic N) is 2. The summed E-state index contributed by atoms with van der Waals surface area (Å²) < 4.78 is 15.7. The number of rotatable bonds is 4. The number of aryl methyl sites for hydroxylation is 1. The number of hydrogen-bond donors (Lipinski definition) is 1. The van der Waals surface area contributed by atoms with Crippen LogP contribution in [-0.4, -0.2) is 9.55 Å². The molecule has 4 heteroatoms. The highest BCUT2D eigenvalue weighted by atomic mass is 19.1. The highest BCUT2D eigenvalue weighted by Crippen LogP contribution is 2.23. The number of imidazole rings is 1. The average molecular weight is 261 g/mol. The molecule has 0 amide bonds. The van der Waals surface area contributed by atoms with E-state index in [1.807, 2.05) is 13.0 Å². The summed E-state index contributed by atoms with van der Waals surface area (Å²) in [5.74, 6) is 0.224. The van der Waals surface area contributed by atoms with Gasteiger partial charge in [0.05, 0.1) is 23.9 Å². The first-order valence-corrected chi connectivity index (χ1v) is 6.53. The van der Waals surface area contributed by atoms with E-state index >= 15 is 0 Å². The summed E-state index contributed by atoms with van der Waals surface area (Å²) in [4.78, 5) is 4.11. The number of benzene rings is 1. The van der Waals surface area contributed by atoms with Crippen LogP contribution in [0.2, 0.25) is 0 Å². The molecule has 0 spiro atoms. The highest BCUT2D eigenvalue weighted by molar-refractivity contribution is 5.39. The zero-order chi connectivity index (χ0) is 14.0. The van der Waals surface area contributed by atoms with Crippen molar-refractivity contribution in [3.05, 3.63) is 47.8 Å². The second kappa shape index (κ2) is 5.53. The minimum absolute atomic E-state index is 0.137. The number of halogens is 1. The standard InChI is InChI=1S/C15H20FN3/c1-10(2)6-13(17)15-8-18-9-19(15)14-7-11(3)4-5-12(14)16/h4-5,7-10,13H,6,17H2,1-3H3. The third-order valence-corrected chi connectivity index (χ3v) is 3.13. The maximum Gasteiger partial charge on any atom is 0.147 e. The van der Waals surface area contributed by atoms with Crippen molar-refractivity contribution in [1.29, 1.82) is 0 Å². The molecular formula is C15H20FN3. The lowest BCUT2D eigenvalue weighted by Gasteiger charge is -2.17. The van der Waals surface area contributed by atoms with Crippen LogP contribution in [0.4, 0.5) is 4.39 Å². The van der Waals surface area contributed by atoms with Crippen LogP contribution >= 0.6 is 0 Å². The summed E-state index contributed by atoms with van der Waals surface area (Å²) in [6, 6.07) is 4.90. The highest BCUT2D eigenvalue weighted by Gasteiger charge is 2.16. The Kier molecular flexibility index (Phi) is 4.00. The Morgan fingerprint density at radius 1 is 1.37 bits per heavy atom. The van der Waals surface area contributed by atoms with Crippen molar-refractivity contribution in [3.63, 3.8) is 0 Å². The second-order valence-electron chi connectivity index (χ2n) is 5.38. The lowest BCUT2D eigenvalue weighted by atomic mass is 10.0. The van der Waals surface area contributed by atoms with Crippen LogP contribution in [0.3, 0.4) is 0 Å². The molecule has 0 aliphatic carbocycles. The Labute approximate surface area is 113 Å². The molecule has 0 aliphatic heterocycles. The Morgan fingerprint density at radius 3 is 2.79 bits per heavy atom. The van der Waals surface area contributed by atoms with E-state index in [-0.39, 0.29) is 11.9 Å². The lowest BCUT2D eigenvalue weighted by molar-refractivity contribution is 0.496. The van der Waals surface area contributed by atoms with Crippen molar-refractivity contribution in [3.8, 4) is 5.69 Å². The Bertz CT molecular complexity index is 560. The van der Waals surface area contributed by atoms with Gasteiger partial charge >= 0.3 is 0 Å². The van der Waals surface area contributed by atoms with Gasteiger partial charge in [0.1, 0.15) is 5.82 Å². The van der Waals surface area contributed by atoms with Gasteiger partial charge in [-0.05, 0) is 37.0 Å². The molecule has 0 bridgehead atoms. The molecule has 1 aromatic heterocycles. The van der Waals surface area contributed by atoms with Crippen LogP contribution in [0.1, 0.15) is 37.6 Å². The molecule has 1 atom stereocenters. The van der Waals surface area contributed by atoms with Crippen molar-refractivity contribution in [1.82, 2.24) is 9.55 Å². The quantitative estimate of drug-likeness (QED) is 0.917. The van der Waals surface area contributed by atoms with Gasteiger partial charge in [0, 0.05) is 6.04 Å². The summed E-state index contributed by atoms with van der Waals surface area (Å²) in [5, 5.41) is 0. The molecule has 1 heterocycles. The summed E-state index contributed by atoms with van der Waals surface area (Å²) in [6.45, 7) is 6.18. The van der Waals surface area contributed by atoms with Crippen molar-refractivity contribution in [2.24, 2.45) is 11.7 Å². The van der Waals surface area contributed by atoms with Gasteiger partial charge in [-0.15, -0.1) is 0 Å². The normalized spacial score (nSPS) is 12.9. The molecular weight excluding hydrogens is 241 g/mol. The Hall–Kier alpha value is -1.68. The minimum atomic E-state index is -0.262. The van der Waals surface area contributed by atoms with Gasteiger partial charge in [-0.2, -0.15) is 0 Å². The van der Waals surface area contributed by atoms with Gasteiger partial charge in [0.15, 0.2) is 0 Å². The molecule has 102 valence electrons. The maximum atomic E-state index is 13.9. The molecule has 2 N–H and O–H groups in total. The van der Waals surface area contributed by atoms with Gasteiger partial charge in [-0.1, -0.05) is 19.9 Å². The average Bonchev–Trinajstić information content (AvgIpc) is 2.80. The monoisotopic (exact) mass is 261 g/mol. The van der Waals surface area contributed by atoms with Crippen LogP contribution in [0.5, 0.6) is 0 Å². The zero-order valence-corrected chi connectivity index (χ0v) is 11.6. The van der Waals surface area contributed by atoms with Crippen LogP contribution < -0.4 is 5.73 Å². The molecule has 1 unspecified atom stereocenters. The van der Waals surface area contributed by atoms with Gasteiger partial charge in [-0.3, -0.25) is 4.57 Å². The summed E-state index contributed by atoms with van der Waals surface area (Å²) in [6.07, 6.45) is 4.18. The van der Waals surface area contributed by atoms with Crippen LogP contribution in [0.25, 0.3) is 5.69 Å². The number of hydrogen-bond acceptors (Lipinski definition) is 2. The maximum absolute atomic E-state index is 13.9. The predicted molar refractivity (Wildman–Crippen MR) is 74.6 cm³/mol. The van der Waals surface area contributed by atoms with Crippen molar-refractivity contribution >= 4 is 0 Å². The van der Waals surface area contributed by atoms with Crippen LogP contribution in [0.15, 0.2) is 30.7 Å². The first kappa shape index (κ1) is 13.7. The van der Waals surface area contributed by atoms with E-state index in [4.69, 9.17) is 5.73 Å². The molecule has 3 nitrogen and oxygen atoms in total. The molecule has 1 aromatic carbocycles. The van der Waals surface area contributed by atoms with Crippen LogP contribution in [0, 0.1) is 18.7 Å². The third kappa shape index (κ3) is 3.01. The summed E-state index contributed by atoms with van der Waals surface area (Å²) in [7, 11) is 0. The zero-order valence-electron chi connectivity index (χ0n) is 11.6. The van der Waals surface area contributed by atoms with E-state index in [2.05, 4.69) is 18.8 Å². The number of aromatic nitrogens is 2. The van der Waals surface area contributed by atoms with E-state index in [0.29, 0.717) is 11.6 Å². The molecule has 0 saturated heterocycles. The molecule has 19 heavy (non-hydrogen) atoms. The van der Waals surface area contributed by atoms with E-state index in [0.717, 1.165) is 17.7 Å². The Balaban J connectivity index is 2.41. The number of nitrogens with two attached hydrogens (primary N) is 1. The fraction of sp³-hybridized carbons (Fsp3) is 0.400. The predicted octanol–water partition coefficient (Wildman–Crippen LogP) is 3.37. The van der Waals surface area contributed by atoms with E-state index in [9.17, 15) is 4.39 Å². The molecule has 0 radical (unpaired) electrons. The smallest absolute Gasteiger partial charge is 0.147 e. The SMILES string of the molecule is Cc1ccc(F)c(-n2cncc2C(N)CC(C)C)c1. The van der Waals surface area contributed by atoms with E-state index < -0.39 is 0 Å². The lowest BCUT2D eigenvalue weighted by Crippen LogP contribution is -2.17. The third-order valence-electron chi connectivity index (χ3n) is 3.13. The molecule has 2 rings (SSSR count). The second-order valence-corrected chi connectivity index (χ2v) is 5.38. The molecule has 0 saturated carbocycles. The van der Waals surface area contributed by atoms with Gasteiger partial charge in [0.2, 0.25) is 0 Å². The largest absolute Gasteiger partial charge is 0.323 e. The molecule has 0 aliphatic rings. The fourth-order valence-corrected chi connectivity index (χ4v) is 2.22. The summed E-state index contributed by atoms with van der Waals surface area (Å²) in [5.41, 5.74) is 8.54. The first-order chi connectivity index (χ1) is 8.99. The summed E-state index contributed by atoms with van der Waals surface area (Å²) >= 11 is 0. The van der Waals surface area contributed by atoms with Gasteiger partial charge in [-0.25, -0.2) is 9.37 Å². The van der Waals surface area contributed by atoms with E-state index in [1.54, 1.807) is 23.2 Å². The molecule has 2 aromatic rings. The molecule has 0 fully saturated rings. The topological polar surface area (TPSA) is 43.8 Å². The van der Waals surface area contributed by atoms with Crippen molar-refractivity contribution < 1.29 is 4.39 Å². The van der Waals surface area contributed by atoms with E-state index in [1.165, 1.54) is 6.07 Å². The first-order valence-electron chi connectivity index (χ1n) is 6.53. The van der Waals surface area contributed by atoms with Crippen LogP contribution in [-0.2, 0) is 0 Å². The minimum Gasteiger partial charge on any atom is -0.323 e. The van der Waals surface area contributed by atoms with Gasteiger partial charge in [0.25, 0.3) is 0 Å². The Morgan fingerprint density at radius 2 is 2.11 bits per heavy atom. The fourth-order valence-electron chi connectivity index (χ4n) is 2.22. The van der Waals surface area contributed by atoms with Gasteiger partial charge < -0.3 is 5.73 Å².